The number of nitrogens with zero attached hydrogens (tertiary/aromatic N) is 3. The van der Waals surface area contributed by atoms with Crippen LogP contribution in [0.2, 0.25) is 10.0 Å². The quantitative estimate of drug-likeness (QED) is 0.388. The molecule has 1 fully saturated rings. The van der Waals surface area contributed by atoms with Gasteiger partial charge in [0.2, 0.25) is 0 Å². The van der Waals surface area contributed by atoms with E-state index in [1.807, 2.05) is 13.8 Å². The Balaban J connectivity index is 1.52. The number of nitro benzene ring substituents is 1. The molecule has 0 aliphatic heterocycles. The van der Waals surface area contributed by atoms with Crippen molar-refractivity contribution in [2.24, 2.45) is 5.41 Å². The summed E-state index contributed by atoms with van der Waals surface area (Å²) >= 11 is 12.4. The van der Waals surface area contributed by atoms with E-state index in [2.05, 4.69) is 17.8 Å². The Morgan fingerprint density at radius 1 is 0.971 bits per heavy atom. The van der Waals surface area contributed by atoms with Crippen LogP contribution in [0, 0.1) is 15.5 Å². The number of hydrogen-bond acceptors (Lipinski definition) is 6. The predicted molar refractivity (Wildman–Crippen MR) is 130 cm³/mol. The molecule has 2 bridgehead atoms. The van der Waals surface area contributed by atoms with Crippen LogP contribution in [0.3, 0.4) is 0 Å². The molecule has 2 aliphatic rings. The van der Waals surface area contributed by atoms with Crippen molar-refractivity contribution in [2.75, 3.05) is 0 Å². The van der Waals surface area contributed by atoms with Crippen molar-refractivity contribution in [3.8, 4) is 0 Å². The Labute approximate surface area is 210 Å². The molecule has 2 atom stereocenters. The number of carbonyl (C=O) groups is 2. The molecule has 0 radical (unpaired) electrons. The number of benzene rings is 2. The van der Waals surface area contributed by atoms with Crippen molar-refractivity contribution >= 4 is 51.7 Å². The van der Waals surface area contributed by atoms with Gasteiger partial charge in [0.1, 0.15) is 5.41 Å². The molecule has 1 saturated carbocycles. The highest BCUT2D eigenvalue weighted by atomic mass is 35.5. The zero-order valence-electron chi connectivity index (χ0n) is 19.1. The largest absolute Gasteiger partial charge is 0.272 e. The lowest BCUT2D eigenvalue weighted by Crippen LogP contribution is -2.55. The lowest BCUT2D eigenvalue weighted by Gasteiger charge is -2.39. The number of non-ortho nitro benzene ring substituents is 1. The summed E-state index contributed by atoms with van der Waals surface area (Å²) in [5, 5.41) is 11.7. The molecule has 3 aromatic rings. The van der Waals surface area contributed by atoms with Gasteiger partial charge < -0.3 is 0 Å². The molecule has 2 N–H and O–H groups in total. The van der Waals surface area contributed by atoms with Gasteiger partial charge in [-0.2, -0.15) is 0 Å². The van der Waals surface area contributed by atoms with Crippen LogP contribution in [0.4, 0.5) is 5.69 Å². The number of rotatable bonds is 3. The van der Waals surface area contributed by atoms with Crippen LogP contribution in [-0.2, 0) is 15.6 Å². The number of aromatic nitrogens is 2. The highest BCUT2D eigenvalue weighted by Crippen LogP contribution is 2.70. The Kier molecular flexibility index (Phi) is 5.09. The molecule has 0 saturated heterocycles. The molecule has 35 heavy (non-hydrogen) atoms. The zero-order chi connectivity index (χ0) is 25.3. The monoisotopic (exact) mass is 513 g/mol. The van der Waals surface area contributed by atoms with Crippen molar-refractivity contribution in [3.63, 3.8) is 0 Å². The number of nitro groups is 1. The van der Waals surface area contributed by atoms with E-state index in [4.69, 9.17) is 33.2 Å². The molecule has 180 valence electrons. The molecule has 1 heterocycles. The Bertz CT molecular complexity index is 1460. The number of carbonyl (C=O) groups excluding carboxylic acids is 2. The van der Waals surface area contributed by atoms with E-state index in [0.29, 0.717) is 39.6 Å². The maximum Gasteiger partial charge on any atom is 0.270 e. The van der Waals surface area contributed by atoms with Crippen molar-refractivity contribution in [3.05, 3.63) is 73.5 Å². The third-order valence-electron chi connectivity index (χ3n) is 8.08. The molecule has 2 aromatic carbocycles. The van der Waals surface area contributed by atoms with Gasteiger partial charge in [0.05, 0.1) is 37.4 Å². The van der Waals surface area contributed by atoms with E-state index >= 15 is 0 Å². The van der Waals surface area contributed by atoms with Crippen LogP contribution in [0.25, 0.3) is 11.0 Å². The summed E-state index contributed by atoms with van der Waals surface area (Å²) in [6, 6.07) is 8.57. The van der Waals surface area contributed by atoms with Crippen LogP contribution < -0.4 is 10.9 Å². The van der Waals surface area contributed by atoms with Gasteiger partial charge in [-0.1, -0.05) is 50.0 Å². The molecular formula is C24H21Cl2N5O4. The standard InChI is InChI=1S/C24H21Cl2N5O4/c1-22(2)23(3)7-8-24(22,19-18(23)27-16-10-14(25)15(26)11-17(16)28-19)21(33)30-29-20(32)12-5-4-6-13(9-12)31(34)35/h4-6,9-11H,7-8H2,1-3H3,(H,29,32)(H,30,33). The molecule has 5 rings (SSSR count). The summed E-state index contributed by atoms with van der Waals surface area (Å²) in [4.78, 5) is 46.6. The third kappa shape index (κ3) is 3.07. The molecule has 11 heteroatoms. The molecule has 9 nitrogen and oxygen atoms in total. The number of halogens is 2. The summed E-state index contributed by atoms with van der Waals surface area (Å²) < 4.78 is 0. The Morgan fingerprint density at radius 3 is 2.23 bits per heavy atom. The van der Waals surface area contributed by atoms with Crippen LogP contribution in [0.15, 0.2) is 36.4 Å². The third-order valence-corrected chi connectivity index (χ3v) is 8.80. The smallest absolute Gasteiger partial charge is 0.270 e. The fourth-order valence-corrected chi connectivity index (χ4v) is 5.97. The minimum Gasteiger partial charge on any atom is -0.272 e. The van der Waals surface area contributed by atoms with Gasteiger partial charge in [-0.15, -0.1) is 0 Å². The van der Waals surface area contributed by atoms with Gasteiger partial charge in [0, 0.05) is 23.1 Å². The maximum atomic E-state index is 13.8. The normalized spacial score (nSPS) is 23.7. The second kappa shape index (κ2) is 7.60. The summed E-state index contributed by atoms with van der Waals surface area (Å²) in [7, 11) is 0. The summed E-state index contributed by atoms with van der Waals surface area (Å²) in [5.74, 6) is -1.08. The average Bonchev–Trinajstić information content (AvgIpc) is 3.11. The van der Waals surface area contributed by atoms with Gasteiger partial charge in [-0.25, -0.2) is 9.97 Å². The first-order valence-corrected chi connectivity index (χ1v) is 11.7. The van der Waals surface area contributed by atoms with E-state index in [0.717, 1.165) is 11.8 Å². The minimum atomic E-state index is -1.06. The van der Waals surface area contributed by atoms with E-state index < -0.39 is 33.0 Å². The van der Waals surface area contributed by atoms with Crippen LogP contribution in [0.5, 0.6) is 0 Å². The minimum absolute atomic E-state index is 0.0525. The summed E-state index contributed by atoms with van der Waals surface area (Å²) in [5.41, 5.74) is 5.14. The first kappa shape index (κ1) is 23.4. The molecular weight excluding hydrogens is 493 g/mol. The van der Waals surface area contributed by atoms with E-state index in [1.165, 1.54) is 18.2 Å². The molecule has 2 unspecified atom stereocenters. The van der Waals surface area contributed by atoms with Crippen LogP contribution >= 0.6 is 23.2 Å². The van der Waals surface area contributed by atoms with Gasteiger partial charge in [-0.05, 0) is 36.5 Å². The maximum absolute atomic E-state index is 13.8. The van der Waals surface area contributed by atoms with E-state index in [-0.39, 0.29) is 11.3 Å². The van der Waals surface area contributed by atoms with Crippen LogP contribution in [-0.4, -0.2) is 26.7 Å². The van der Waals surface area contributed by atoms with Crippen molar-refractivity contribution in [1.82, 2.24) is 20.8 Å². The molecule has 0 spiro atoms. The van der Waals surface area contributed by atoms with Crippen molar-refractivity contribution < 1.29 is 14.5 Å². The Hall–Kier alpha value is -3.30. The fourth-order valence-electron chi connectivity index (χ4n) is 5.65. The zero-order valence-corrected chi connectivity index (χ0v) is 20.6. The first-order valence-electron chi connectivity index (χ1n) is 11.0. The van der Waals surface area contributed by atoms with E-state index in [9.17, 15) is 19.7 Å². The highest BCUT2D eigenvalue weighted by Gasteiger charge is 2.73. The Morgan fingerprint density at radius 2 is 1.60 bits per heavy atom. The average molecular weight is 514 g/mol. The lowest BCUT2D eigenvalue weighted by atomic mass is 9.63. The van der Waals surface area contributed by atoms with Gasteiger partial charge in [0.25, 0.3) is 17.5 Å². The fraction of sp³-hybridized carbons (Fsp3) is 0.333. The van der Waals surface area contributed by atoms with Crippen LogP contribution in [0.1, 0.15) is 55.4 Å². The number of fused-ring (bicyclic) bond motifs is 6. The van der Waals surface area contributed by atoms with Gasteiger partial charge in [-0.3, -0.25) is 30.6 Å². The molecule has 1 aromatic heterocycles. The lowest BCUT2D eigenvalue weighted by molar-refractivity contribution is -0.384. The van der Waals surface area contributed by atoms with E-state index in [1.54, 1.807) is 12.1 Å². The van der Waals surface area contributed by atoms with Crippen molar-refractivity contribution in [1.29, 1.82) is 0 Å². The second-order valence-corrected chi connectivity index (χ2v) is 10.6. The highest BCUT2D eigenvalue weighted by molar-refractivity contribution is 6.42. The summed E-state index contributed by atoms with van der Waals surface area (Å²) in [6.07, 6.45) is 1.23. The topological polar surface area (TPSA) is 127 Å². The van der Waals surface area contributed by atoms with Gasteiger partial charge in [0.15, 0.2) is 0 Å². The second-order valence-electron chi connectivity index (χ2n) is 9.75. The number of hydrazine groups is 1. The molecule has 2 amide bonds. The number of amides is 2. The summed E-state index contributed by atoms with van der Waals surface area (Å²) in [6.45, 7) is 6.10. The van der Waals surface area contributed by atoms with Gasteiger partial charge >= 0.3 is 0 Å². The number of nitrogens with one attached hydrogen (secondary N) is 2. The SMILES string of the molecule is CC12CCC(C(=O)NNC(=O)c3cccc([N+](=O)[O-])c3)(c3nc4cc(Cl)c(Cl)cc4nc31)C2(C)C. The van der Waals surface area contributed by atoms with Crippen molar-refractivity contribution in [2.45, 2.75) is 44.4 Å². The molecule has 2 aliphatic carbocycles. The number of hydrogen-bond donors (Lipinski definition) is 2. The predicted octanol–water partition coefficient (Wildman–Crippen LogP) is 4.64. The first-order chi connectivity index (χ1) is 16.4.